The van der Waals surface area contributed by atoms with Crippen LogP contribution >= 0.6 is 0 Å². The third kappa shape index (κ3) is 1.72. The summed E-state index contributed by atoms with van der Waals surface area (Å²) >= 11 is 0. The zero-order chi connectivity index (χ0) is 13.7. The maximum atomic E-state index is 5.02. The highest BCUT2D eigenvalue weighted by molar-refractivity contribution is 5.71. The van der Waals surface area contributed by atoms with Crippen LogP contribution in [0.5, 0.6) is 0 Å². The van der Waals surface area contributed by atoms with Crippen molar-refractivity contribution in [2.24, 2.45) is 0 Å². The topological polar surface area (TPSA) is 12.9 Å². The van der Waals surface area contributed by atoms with E-state index in [-0.39, 0.29) is 0 Å². The molecule has 1 saturated carbocycles. The lowest BCUT2D eigenvalue weighted by atomic mass is 9.87. The number of hydrogen-bond donors (Lipinski definition) is 0. The van der Waals surface area contributed by atoms with Crippen molar-refractivity contribution in [2.75, 3.05) is 0 Å². The summed E-state index contributed by atoms with van der Waals surface area (Å²) in [6, 6.07) is 13.2. The number of pyridine rings is 1. The van der Waals surface area contributed by atoms with Crippen LogP contribution in [0.25, 0.3) is 11.1 Å². The van der Waals surface area contributed by atoms with Crippen LogP contribution in [0.1, 0.15) is 67.8 Å². The van der Waals surface area contributed by atoms with Crippen LogP contribution in [0, 0.1) is 0 Å². The molecular formula is C19H21N. The minimum Gasteiger partial charge on any atom is -0.257 e. The molecule has 1 aromatic carbocycles. The van der Waals surface area contributed by atoms with Crippen LogP contribution in [-0.2, 0) is 0 Å². The van der Waals surface area contributed by atoms with Crippen molar-refractivity contribution in [2.45, 2.75) is 50.9 Å². The molecule has 1 nitrogen and oxygen atoms in total. The molecule has 0 N–H and O–H groups in total. The van der Waals surface area contributed by atoms with E-state index in [0.717, 1.165) is 11.8 Å². The Kier molecular flexibility index (Phi) is 2.70. The predicted molar refractivity (Wildman–Crippen MR) is 83.1 cm³/mol. The number of rotatable bonds is 2. The van der Waals surface area contributed by atoms with E-state index in [1.807, 2.05) is 0 Å². The molecular weight excluding hydrogens is 242 g/mol. The van der Waals surface area contributed by atoms with Gasteiger partial charge in [0.25, 0.3) is 0 Å². The number of benzene rings is 1. The molecule has 0 spiro atoms. The SMILES string of the molecule is CC(C)c1cc(-c2ccccc2)c2c(n1)C1CCC2C1. The van der Waals surface area contributed by atoms with Crippen LogP contribution in [0.2, 0.25) is 0 Å². The van der Waals surface area contributed by atoms with Gasteiger partial charge in [0.2, 0.25) is 0 Å². The van der Waals surface area contributed by atoms with Gasteiger partial charge in [0.05, 0.1) is 0 Å². The molecule has 0 amide bonds. The second-order valence-electron chi connectivity index (χ2n) is 6.62. The summed E-state index contributed by atoms with van der Waals surface area (Å²) in [5.74, 6) is 2.00. The normalized spacial score (nSPS) is 23.4. The molecule has 2 aliphatic rings. The van der Waals surface area contributed by atoms with E-state index in [2.05, 4.69) is 50.2 Å². The van der Waals surface area contributed by atoms with Gasteiger partial charge in [-0.25, -0.2) is 0 Å². The molecule has 1 fully saturated rings. The molecule has 1 heteroatoms. The van der Waals surface area contributed by atoms with E-state index in [1.165, 1.54) is 41.8 Å². The maximum absolute atomic E-state index is 5.02. The van der Waals surface area contributed by atoms with Gasteiger partial charge < -0.3 is 0 Å². The van der Waals surface area contributed by atoms with E-state index in [0.29, 0.717) is 5.92 Å². The van der Waals surface area contributed by atoms with E-state index in [9.17, 15) is 0 Å². The minimum atomic E-state index is 0.502. The molecule has 4 rings (SSSR count). The average molecular weight is 263 g/mol. The summed E-state index contributed by atoms with van der Waals surface area (Å²) in [6.45, 7) is 4.49. The summed E-state index contributed by atoms with van der Waals surface area (Å²) < 4.78 is 0. The van der Waals surface area contributed by atoms with Gasteiger partial charge in [-0.05, 0) is 53.9 Å². The van der Waals surface area contributed by atoms with E-state index >= 15 is 0 Å². The summed E-state index contributed by atoms with van der Waals surface area (Å²) in [5.41, 5.74) is 7.06. The Hall–Kier alpha value is -1.63. The smallest absolute Gasteiger partial charge is 0.0479 e. The van der Waals surface area contributed by atoms with Gasteiger partial charge in [0.1, 0.15) is 0 Å². The fourth-order valence-electron chi connectivity index (χ4n) is 3.98. The van der Waals surface area contributed by atoms with Gasteiger partial charge in [0, 0.05) is 17.3 Å². The molecule has 1 heterocycles. The maximum Gasteiger partial charge on any atom is 0.0479 e. The predicted octanol–water partition coefficient (Wildman–Crippen LogP) is 5.24. The zero-order valence-corrected chi connectivity index (χ0v) is 12.3. The van der Waals surface area contributed by atoms with Crippen molar-refractivity contribution in [3.05, 3.63) is 53.3 Å². The highest BCUT2D eigenvalue weighted by Gasteiger charge is 2.40. The van der Waals surface area contributed by atoms with Gasteiger partial charge in [0.15, 0.2) is 0 Å². The second kappa shape index (κ2) is 4.44. The monoisotopic (exact) mass is 263 g/mol. The first-order chi connectivity index (χ1) is 9.74. The zero-order valence-electron chi connectivity index (χ0n) is 12.3. The van der Waals surface area contributed by atoms with Crippen LogP contribution in [0.4, 0.5) is 0 Å². The summed E-state index contributed by atoms with van der Waals surface area (Å²) in [4.78, 5) is 5.02. The molecule has 102 valence electrons. The van der Waals surface area contributed by atoms with Crippen LogP contribution in [0.15, 0.2) is 36.4 Å². The molecule has 2 aromatic rings. The van der Waals surface area contributed by atoms with Crippen LogP contribution in [-0.4, -0.2) is 4.98 Å². The fourth-order valence-corrected chi connectivity index (χ4v) is 3.98. The number of hydrogen-bond acceptors (Lipinski definition) is 1. The Morgan fingerprint density at radius 1 is 1.05 bits per heavy atom. The highest BCUT2D eigenvalue weighted by atomic mass is 14.8. The van der Waals surface area contributed by atoms with Crippen molar-refractivity contribution in [3.63, 3.8) is 0 Å². The van der Waals surface area contributed by atoms with Crippen LogP contribution < -0.4 is 0 Å². The van der Waals surface area contributed by atoms with E-state index in [1.54, 1.807) is 5.56 Å². The van der Waals surface area contributed by atoms with E-state index < -0.39 is 0 Å². The molecule has 0 aliphatic heterocycles. The van der Waals surface area contributed by atoms with Crippen molar-refractivity contribution >= 4 is 0 Å². The summed E-state index contributed by atoms with van der Waals surface area (Å²) in [6.07, 6.45) is 4.05. The highest BCUT2D eigenvalue weighted by Crippen LogP contribution is 2.55. The largest absolute Gasteiger partial charge is 0.257 e. The molecule has 2 aliphatic carbocycles. The Balaban J connectivity index is 1.96. The Morgan fingerprint density at radius 3 is 2.55 bits per heavy atom. The Labute approximate surface area is 121 Å². The molecule has 2 unspecified atom stereocenters. The van der Waals surface area contributed by atoms with Crippen molar-refractivity contribution < 1.29 is 0 Å². The van der Waals surface area contributed by atoms with E-state index in [4.69, 9.17) is 4.98 Å². The molecule has 0 radical (unpaired) electrons. The lowest BCUT2D eigenvalue weighted by Gasteiger charge is -2.21. The molecule has 0 saturated heterocycles. The fraction of sp³-hybridized carbons (Fsp3) is 0.421. The lowest BCUT2D eigenvalue weighted by Crippen LogP contribution is -2.07. The van der Waals surface area contributed by atoms with Gasteiger partial charge >= 0.3 is 0 Å². The Bertz CT molecular complexity index is 642. The number of fused-ring (bicyclic) bond motifs is 5. The molecule has 1 aromatic heterocycles. The number of nitrogens with zero attached hydrogens (tertiary/aromatic N) is 1. The summed E-state index contributed by atoms with van der Waals surface area (Å²) in [5, 5.41) is 0. The number of aromatic nitrogens is 1. The van der Waals surface area contributed by atoms with Crippen molar-refractivity contribution in [1.82, 2.24) is 4.98 Å². The van der Waals surface area contributed by atoms with Crippen molar-refractivity contribution in [3.8, 4) is 11.1 Å². The second-order valence-corrected chi connectivity index (χ2v) is 6.62. The molecule has 20 heavy (non-hydrogen) atoms. The van der Waals surface area contributed by atoms with Crippen LogP contribution in [0.3, 0.4) is 0 Å². The van der Waals surface area contributed by atoms with Gasteiger partial charge in [-0.15, -0.1) is 0 Å². The third-order valence-electron chi connectivity index (χ3n) is 5.01. The first kappa shape index (κ1) is 12.1. The molecule has 2 bridgehead atoms. The first-order valence-electron chi connectivity index (χ1n) is 7.84. The van der Waals surface area contributed by atoms with Gasteiger partial charge in [-0.3, -0.25) is 4.98 Å². The van der Waals surface area contributed by atoms with Crippen molar-refractivity contribution in [1.29, 1.82) is 0 Å². The van der Waals surface area contributed by atoms with Gasteiger partial charge in [-0.1, -0.05) is 44.2 Å². The quantitative estimate of drug-likeness (QED) is 0.722. The van der Waals surface area contributed by atoms with Gasteiger partial charge in [-0.2, -0.15) is 0 Å². The standard InChI is InChI=1S/C19H21N/c1-12(2)17-11-16(13-6-4-3-5-7-13)18-14-8-9-15(10-14)19(18)20-17/h3-7,11-12,14-15H,8-10H2,1-2H3. The lowest BCUT2D eigenvalue weighted by molar-refractivity contribution is 0.683. The average Bonchev–Trinajstić information content (AvgIpc) is 3.09. The Morgan fingerprint density at radius 2 is 1.80 bits per heavy atom. The first-order valence-corrected chi connectivity index (χ1v) is 7.84. The minimum absolute atomic E-state index is 0.502. The third-order valence-corrected chi connectivity index (χ3v) is 5.01. The molecule has 2 atom stereocenters. The summed E-state index contributed by atoms with van der Waals surface area (Å²) in [7, 11) is 0.